The molecule has 0 aromatic rings. The summed E-state index contributed by atoms with van der Waals surface area (Å²) >= 11 is 0. The number of carboxylic acids is 1. The number of carbonyl (C=O) groups excluding carboxylic acids is 2. The molecular formula is C54H94NO10P. The van der Waals surface area contributed by atoms with Crippen LogP contribution in [0.5, 0.6) is 0 Å². The molecule has 0 aromatic heterocycles. The number of ether oxygens (including phenoxy) is 1. The first kappa shape index (κ1) is 62.9. The van der Waals surface area contributed by atoms with Gasteiger partial charge in [-0.05, 0) is 89.9 Å². The van der Waals surface area contributed by atoms with Crippen molar-refractivity contribution in [2.45, 2.75) is 231 Å². The van der Waals surface area contributed by atoms with Crippen molar-refractivity contribution in [2.75, 3.05) is 19.8 Å². The van der Waals surface area contributed by atoms with E-state index >= 15 is 0 Å². The average Bonchev–Trinajstić information content (AvgIpc) is 3.29. The van der Waals surface area contributed by atoms with E-state index in [1.165, 1.54) is 96.3 Å². The number of hydrogen-bond acceptors (Lipinski definition) is 8. The molecule has 66 heavy (non-hydrogen) atoms. The summed E-state index contributed by atoms with van der Waals surface area (Å²) in [5.74, 6) is -2.40. The molecule has 12 heteroatoms. The summed E-state index contributed by atoms with van der Waals surface area (Å²) in [4.78, 5) is 46.2. The monoisotopic (exact) mass is 948 g/mol. The number of rotatable bonds is 48. The van der Waals surface area contributed by atoms with E-state index in [9.17, 15) is 34.1 Å². The van der Waals surface area contributed by atoms with Gasteiger partial charge in [-0.3, -0.25) is 18.6 Å². The molecule has 0 aliphatic heterocycles. The van der Waals surface area contributed by atoms with Gasteiger partial charge < -0.3 is 25.2 Å². The van der Waals surface area contributed by atoms with E-state index in [-0.39, 0.29) is 12.8 Å². The van der Waals surface area contributed by atoms with Gasteiger partial charge in [-0.2, -0.15) is 0 Å². The van der Waals surface area contributed by atoms with Crippen molar-refractivity contribution in [3.63, 3.8) is 0 Å². The molecule has 0 spiro atoms. The molecular weight excluding hydrogens is 854 g/mol. The van der Waals surface area contributed by atoms with E-state index in [2.05, 4.69) is 92.1 Å². The predicted molar refractivity (Wildman–Crippen MR) is 272 cm³/mol. The molecule has 0 aliphatic carbocycles. The standard InChI is InChI=1S/C54H94NO10P/c1-3-5-7-9-11-13-15-17-19-21-23-25-27-29-31-33-35-37-39-41-43-45-52(57)55-51(54(59)60)49-65-66(61,62)64-48-50(56)47-63-53(58)46-44-42-40-38-36-34-32-30-28-26-24-22-20-18-16-14-12-10-8-6-4-2/h11-14,17-20,24,26,30,32,50-51,56H,3-10,15-16,21-23,25,27-29,31,33-49H2,1-2H3,(H,55,57)(H,59,60)(H,61,62)/b13-11-,14-12-,19-17-,20-18-,26-24-,32-30-. The summed E-state index contributed by atoms with van der Waals surface area (Å²) < 4.78 is 26.9. The lowest BCUT2D eigenvalue weighted by Gasteiger charge is -2.18. The largest absolute Gasteiger partial charge is 0.480 e. The first-order valence-corrected chi connectivity index (χ1v) is 27.5. The highest BCUT2D eigenvalue weighted by Crippen LogP contribution is 2.43. The van der Waals surface area contributed by atoms with Gasteiger partial charge in [0.25, 0.3) is 0 Å². The minimum atomic E-state index is -4.77. The molecule has 3 unspecified atom stereocenters. The maximum absolute atomic E-state index is 12.4. The number of phosphoric ester groups is 1. The zero-order valence-corrected chi connectivity index (χ0v) is 42.4. The number of unbranched alkanes of at least 4 members (excludes halogenated alkanes) is 22. The second kappa shape index (κ2) is 48.4. The molecule has 380 valence electrons. The molecule has 0 bridgehead atoms. The number of aliphatic carboxylic acids is 1. The van der Waals surface area contributed by atoms with E-state index in [1.54, 1.807) is 0 Å². The van der Waals surface area contributed by atoms with Crippen LogP contribution in [-0.2, 0) is 32.7 Å². The van der Waals surface area contributed by atoms with Gasteiger partial charge in [0.2, 0.25) is 5.91 Å². The number of aliphatic hydroxyl groups excluding tert-OH is 1. The van der Waals surface area contributed by atoms with Gasteiger partial charge in [0, 0.05) is 12.8 Å². The Kier molecular flexibility index (Phi) is 46.1. The van der Waals surface area contributed by atoms with Gasteiger partial charge >= 0.3 is 19.8 Å². The van der Waals surface area contributed by atoms with Gasteiger partial charge in [-0.15, -0.1) is 0 Å². The first-order chi connectivity index (χ1) is 32.1. The number of aliphatic hydroxyl groups is 1. The van der Waals surface area contributed by atoms with Crippen LogP contribution in [-0.4, -0.2) is 64.9 Å². The Morgan fingerprint density at radius 3 is 1.24 bits per heavy atom. The van der Waals surface area contributed by atoms with Crippen LogP contribution in [0.2, 0.25) is 0 Å². The van der Waals surface area contributed by atoms with Crippen LogP contribution in [0.3, 0.4) is 0 Å². The average molecular weight is 948 g/mol. The second-order valence-electron chi connectivity index (χ2n) is 17.4. The minimum Gasteiger partial charge on any atom is -0.480 e. The Morgan fingerprint density at radius 1 is 0.485 bits per heavy atom. The Morgan fingerprint density at radius 2 is 0.833 bits per heavy atom. The van der Waals surface area contributed by atoms with Crippen molar-refractivity contribution >= 4 is 25.7 Å². The van der Waals surface area contributed by atoms with Crippen molar-refractivity contribution in [3.05, 3.63) is 72.9 Å². The molecule has 0 fully saturated rings. The Labute approximate surface area is 401 Å². The van der Waals surface area contributed by atoms with Gasteiger partial charge in [-0.25, -0.2) is 9.36 Å². The van der Waals surface area contributed by atoms with Crippen LogP contribution in [0.4, 0.5) is 0 Å². The number of esters is 1. The molecule has 0 rings (SSSR count). The number of amides is 1. The van der Waals surface area contributed by atoms with E-state index in [1.807, 2.05) is 0 Å². The van der Waals surface area contributed by atoms with Gasteiger partial charge in [0.15, 0.2) is 6.04 Å². The summed E-state index contributed by atoms with van der Waals surface area (Å²) in [6.45, 7) is 2.54. The lowest BCUT2D eigenvalue weighted by Crippen LogP contribution is -2.43. The SMILES string of the molecule is CCCCC/C=C\C/C=C\C/C=C\C/C=C\CCCCCCCC(=O)OCC(O)COP(=O)(O)OCC(NC(=O)CCCCCCCCCCCCC/C=C\C/C=C\CCCCC)C(=O)O. The van der Waals surface area contributed by atoms with Crippen LogP contribution < -0.4 is 5.32 Å². The maximum atomic E-state index is 12.4. The third-order valence-electron chi connectivity index (χ3n) is 11.0. The fourth-order valence-corrected chi connectivity index (χ4v) is 7.69. The number of phosphoric acid groups is 1. The van der Waals surface area contributed by atoms with Crippen LogP contribution in [0.25, 0.3) is 0 Å². The van der Waals surface area contributed by atoms with Crippen LogP contribution in [0.1, 0.15) is 219 Å². The summed E-state index contributed by atoms with van der Waals surface area (Å²) in [6.07, 6.45) is 59.1. The van der Waals surface area contributed by atoms with Crippen LogP contribution in [0, 0.1) is 0 Å². The van der Waals surface area contributed by atoms with E-state index in [0.717, 1.165) is 83.5 Å². The van der Waals surface area contributed by atoms with Crippen molar-refractivity contribution in [2.24, 2.45) is 0 Å². The molecule has 0 aromatic carbocycles. The van der Waals surface area contributed by atoms with E-state index in [0.29, 0.717) is 12.8 Å². The zero-order chi connectivity index (χ0) is 48.4. The van der Waals surface area contributed by atoms with Crippen molar-refractivity contribution in [3.8, 4) is 0 Å². The van der Waals surface area contributed by atoms with Gasteiger partial charge in [-0.1, -0.05) is 189 Å². The fraction of sp³-hybridized carbons (Fsp3) is 0.722. The van der Waals surface area contributed by atoms with Crippen molar-refractivity contribution in [1.82, 2.24) is 5.32 Å². The second-order valence-corrected chi connectivity index (χ2v) is 18.8. The number of carbonyl (C=O) groups is 3. The lowest BCUT2D eigenvalue weighted by molar-refractivity contribution is -0.147. The first-order valence-electron chi connectivity index (χ1n) is 26.0. The number of allylic oxidation sites excluding steroid dienone is 12. The van der Waals surface area contributed by atoms with Crippen molar-refractivity contribution < 1.29 is 47.8 Å². The highest BCUT2D eigenvalue weighted by molar-refractivity contribution is 7.47. The van der Waals surface area contributed by atoms with E-state index < -0.39 is 57.6 Å². The molecule has 0 saturated heterocycles. The Balaban J connectivity index is 3.87. The van der Waals surface area contributed by atoms with Gasteiger partial charge in [0.1, 0.15) is 12.7 Å². The molecule has 0 saturated carbocycles. The quantitative estimate of drug-likeness (QED) is 0.0199. The van der Waals surface area contributed by atoms with E-state index in [4.69, 9.17) is 13.8 Å². The highest BCUT2D eigenvalue weighted by Gasteiger charge is 2.28. The van der Waals surface area contributed by atoms with Gasteiger partial charge in [0.05, 0.1) is 13.2 Å². The van der Waals surface area contributed by atoms with Crippen LogP contribution in [0.15, 0.2) is 72.9 Å². The molecule has 3 atom stereocenters. The number of nitrogens with one attached hydrogen (secondary N) is 1. The number of carboxylic acid groups (broad SMARTS) is 1. The summed E-state index contributed by atoms with van der Waals surface area (Å²) in [5, 5.41) is 21.9. The smallest absolute Gasteiger partial charge is 0.472 e. The number of hydrogen-bond donors (Lipinski definition) is 4. The topological polar surface area (TPSA) is 169 Å². The highest BCUT2D eigenvalue weighted by atomic mass is 31.2. The molecule has 1 amide bonds. The Bertz CT molecular complexity index is 1390. The summed E-state index contributed by atoms with van der Waals surface area (Å²) in [7, 11) is -4.77. The molecule has 0 heterocycles. The summed E-state index contributed by atoms with van der Waals surface area (Å²) in [6, 6.07) is -1.55. The fourth-order valence-electron chi connectivity index (χ4n) is 6.92. The molecule has 0 aliphatic rings. The van der Waals surface area contributed by atoms with Crippen LogP contribution >= 0.6 is 7.82 Å². The normalized spacial score (nSPS) is 14.1. The summed E-state index contributed by atoms with van der Waals surface area (Å²) in [5.41, 5.74) is 0. The molecule has 0 radical (unpaired) electrons. The third-order valence-corrected chi connectivity index (χ3v) is 11.9. The van der Waals surface area contributed by atoms with Crippen molar-refractivity contribution in [1.29, 1.82) is 0 Å². The Hall–Kier alpha value is -3.08. The lowest BCUT2D eigenvalue weighted by atomic mass is 10.0. The zero-order valence-electron chi connectivity index (χ0n) is 41.5. The predicted octanol–water partition coefficient (Wildman–Crippen LogP) is 14.5. The molecule has 4 N–H and O–H groups in total. The third kappa shape index (κ3) is 47.4. The molecule has 11 nitrogen and oxygen atoms in total. The minimum absolute atomic E-state index is 0.139. The maximum Gasteiger partial charge on any atom is 0.472 e.